The topological polar surface area (TPSA) is 24.1 Å². The van der Waals surface area contributed by atoms with Crippen LogP contribution in [0.2, 0.25) is 0 Å². The number of piperazine rings is 1. The largest absolute Gasteiger partial charge is 0.311 e. The van der Waals surface area contributed by atoms with Gasteiger partial charge in [0, 0.05) is 25.2 Å². The molecule has 0 aromatic rings. The van der Waals surface area contributed by atoms with Crippen LogP contribution in [0.25, 0.3) is 0 Å². The van der Waals surface area contributed by atoms with E-state index in [1.54, 1.807) is 0 Å². The first-order chi connectivity index (χ1) is 4.21. The SMILES string of the molecule is CC1(C)C2CNC1CN2. The van der Waals surface area contributed by atoms with Crippen molar-refractivity contribution in [3.05, 3.63) is 0 Å². The molecule has 0 aromatic heterocycles. The number of nitrogens with one attached hydrogen (secondary N) is 2. The molecular weight excluding hydrogens is 112 g/mol. The molecule has 52 valence electrons. The van der Waals surface area contributed by atoms with Crippen molar-refractivity contribution in [1.29, 1.82) is 0 Å². The summed E-state index contributed by atoms with van der Waals surface area (Å²) in [5.74, 6) is 0. The molecule has 0 spiro atoms. The molecule has 0 aliphatic carbocycles. The van der Waals surface area contributed by atoms with Crippen LogP contribution in [0.15, 0.2) is 0 Å². The first-order valence-corrected chi connectivity index (χ1v) is 3.68. The molecule has 2 N–H and O–H groups in total. The summed E-state index contributed by atoms with van der Waals surface area (Å²) >= 11 is 0. The lowest BCUT2D eigenvalue weighted by Gasteiger charge is -2.20. The van der Waals surface area contributed by atoms with Crippen molar-refractivity contribution < 1.29 is 0 Å². The first kappa shape index (κ1) is 5.69. The fraction of sp³-hybridized carbons (Fsp3) is 1.00. The molecule has 0 amide bonds. The van der Waals surface area contributed by atoms with Crippen LogP contribution < -0.4 is 10.6 Å². The van der Waals surface area contributed by atoms with E-state index >= 15 is 0 Å². The molecule has 0 aromatic carbocycles. The van der Waals surface area contributed by atoms with Crippen molar-refractivity contribution in [2.45, 2.75) is 25.9 Å². The molecule has 2 bridgehead atoms. The Morgan fingerprint density at radius 3 is 1.67 bits per heavy atom. The van der Waals surface area contributed by atoms with Crippen LogP contribution in [0.4, 0.5) is 0 Å². The standard InChI is InChI=1S/C7H14N2/c1-7(2)5-3-8-6(7)4-9-5/h5-6,8-9H,3-4H2,1-2H3. The molecule has 2 atom stereocenters. The van der Waals surface area contributed by atoms with Gasteiger partial charge >= 0.3 is 0 Å². The van der Waals surface area contributed by atoms with E-state index in [-0.39, 0.29) is 0 Å². The lowest BCUT2D eigenvalue weighted by Crippen LogP contribution is -2.39. The van der Waals surface area contributed by atoms with E-state index in [0.29, 0.717) is 5.41 Å². The molecular formula is C7H14N2. The Kier molecular flexibility index (Phi) is 0.945. The van der Waals surface area contributed by atoms with E-state index in [0.717, 1.165) is 25.2 Å². The molecule has 9 heavy (non-hydrogen) atoms. The van der Waals surface area contributed by atoms with Gasteiger partial charge in [-0.05, 0) is 5.41 Å². The van der Waals surface area contributed by atoms with Gasteiger partial charge in [0.1, 0.15) is 0 Å². The fourth-order valence-electron chi connectivity index (χ4n) is 1.96. The third-order valence-corrected chi connectivity index (χ3v) is 2.93. The molecule has 2 unspecified atom stereocenters. The second kappa shape index (κ2) is 1.50. The Labute approximate surface area is 56.0 Å². The van der Waals surface area contributed by atoms with Gasteiger partial charge in [0.25, 0.3) is 0 Å². The van der Waals surface area contributed by atoms with E-state index in [9.17, 15) is 0 Å². The highest BCUT2D eigenvalue weighted by Gasteiger charge is 2.47. The Hall–Kier alpha value is -0.0800. The van der Waals surface area contributed by atoms with Crippen molar-refractivity contribution in [2.75, 3.05) is 13.1 Å². The van der Waals surface area contributed by atoms with Crippen LogP contribution >= 0.6 is 0 Å². The second-order valence-electron chi connectivity index (χ2n) is 3.74. The van der Waals surface area contributed by atoms with Crippen LogP contribution in [0.5, 0.6) is 0 Å². The van der Waals surface area contributed by atoms with Gasteiger partial charge in [0.05, 0.1) is 0 Å². The van der Waals surface area contributed by atoms with Gasteiger partial charge in [-0.25, -0.2) is 0 Å². The minimum absolute atomic E-state index is 0.500. The summed E-state index contributed by atoms with van der Waals surface area (Å²) in [6.45, 7) is 7.00. The highest BCUT2D eigenvalue weighted by Crippen LogP contribution is 2.34. The van der Waals surface area contributed by atoms with Gasteiger partial charge in [0.15, 0.2) is 0 Å². The third kappa shape index (κ3) is 0.578. The molecule has 2 heteroatoms. The minimum Gasteiger partial charge on any atom is -0.311 e. The van der Waals surface area contributed by atoms with Crippen LogP contribution in [0.3, 0.4) is 0 Å². The normalized spacial score (nSPS) is 46.0. The van der Waals surface area contributed by atoms with Gasteiger partial charge in [-0.15, -0.1) is 0 Å². The third-order valence-electron chi connectivity index (χ3n) is 2.93. The molecule has 2 aliphatic rings. The summed E-state index contributed by atoms with van der Waals surface area (Å²) in [7, 11) is 0. The summed E-state index contributed by atoms with van der Waals surface area (Å²) in [5.41, 5.74) is 0.500. The Balaban J connectivity index is 2.26. The average molecular weight is 126 g/mol. The zero-order chi connectivity index (χ0) is 6.48. The van der Waals surface area contributed by atoms with Gasteiger partial charge < -0.3 is 10.6 Å². The maximum Gasteiger partial charge on any atom is 0.0259 e. The summed E-state index contributed by atoms with van der Waals surface area (Å²) in [6.07, 6.45) is 0. The van der Waals surface area contributed by atoms with Gasteiger partial charge in [0.2, 0.25) is 0 Å². The minimum atomic E-state index is 0.500. The Morgan fingerprint density at radius 2 is 1.56 bits per heavy atom. The van der Waals surface area contributed by atoms with Crippen LogP contribution in [0, 0.1) is 5.41 Å². The Bertz CT molecular complexity index is 109. The summed E-state index contributed by atoms with van der Waals surface area (Å²) < 4.78 is 0. The van der Waals surface area contributed by atoms with Crippen molar-refractivity contribution in [3.63, 3.8) is 0 Å². The van der Waals surface area contributed by atoms with E-state index < -0.39 is 0 Å². The molecule has 2 fully saturated rings. The molecule has 2 rings (SSSR count). The molecule has 0 saturated carbocycles. The van der Waals surface area contributed by atoms with Gasteiger partial charge in [-0.1, -0.05) is 13.8 Å². The van der Waals surface area contributed by atoms with Crippen LogP contribution in [-0.4, -0.2) is 25.2 Å². The number of hydrogen-bond donors (Lipinski definition) is 2. The van der Waals surface area contributed by atoms with Gasteiger partial charge in [-0.3, -0.25) is 0 Å². The smallest absolute Gasteiger partial charge is 0.0259 e. The summed E-state index contributed by atoms with van der Waals surface area (Å²) in [4.78, 5) is 0. The maximum absolute atomic E-state index is 3.48. The zero-order valence-electron chi connectivity index (χ0n) is 6.07. The van der Waals surface area contributed by atoms with E-state index in [2.05, 4.69) is 24.5 Å². The predicted octanol–water partition coefficient (Wildman–Crippen LogP) is -0.0438. The molecule has 2 heterocycles. The van der Waals surface area contributed by atoms with E-state index in [1.807, 2.05) is 0 Å². The monoisotopic (exact) mass is 126 g/mol. The predicted molar refractivity (Wildman–Crippen MR) is 37.4 cm³/mol. The van der Waals surface area contributed by atoms with Crippen molar-refractivity contribution in [1.82, 2.24) is 10.6 Å². The number of rotatable bonds is 0. The Morgan fingerprint density at radius 1 is 1.11 bits per heavy atom. The maximum atomic E-state index is 3.48. The van der Waals surface area contributed by atoms with E-state index in [1.165, 1.54) is 0 Å². The summed E-state index contributed by atoms with van der Waals surface area (Å²) in [5, 5.41) is 6.97. The quantitative estimate of drug-likeness (QED) is 0.476. The van der Waals surface area contributed by atoms with Crippen LogP contribution in [-0.2, 0) is 0 Å². The average Bonchev–Trinajstić information content (AvgIpc) is 2.24. The molecule has 2 aliphatic heterocycles. The number of fused-ring (bicyclic) bond motifs is 2. The van der Waals surface area contributed by atoms with E-state index in [4.69, 9.17) is 0 Å². The highest BCUT2D eigenvalue weighted by atomic mass is 15.2. The van der Waals surface area contributed by atoms with Crippen molar-refractivity contribution in [3.8, 4) is 0 Å². The lowest BCUT2D eigenvalue weighted by atomic mass is 9.85. The van der Waals surface area contributed by atoms with Crippen molar-refractivity contribution in [2.24, 2.45) is 5.41 Å². The first-order valence-electron chi connectivity index (χ1n) is 3.68. The second-order valence-corrected chi connectivity index (χ2v) is 3.74. The van der Waals surface area contributed by atoms with Crippen molar-refractivity contribution >= 4 is 0 Å². The molecule has 0 radical (unpaired) electrons. The zero-order valence-corrected chi connectivity index (χ0v) is 6.07. The molecule has 2 nitrogen and oxygen atoms in total. The fourth-order valence-corrected chi connectivity index (χ4v) is 1.96. The van der Waals surface area contributed by atoms with Crippen LogP contribution in [0.1, 0.15) is 13.8 Å². The lowest BCUT2D eigenvalue weighted by molar-refractivity contribution is 0.348. The number of hydrogen-bond acceptors (Lipinski definition) is 2. The molecule has 2 saturated heterocycles. The highest BCUT2D eigenvalue weighted by molar-refractivity contribution is 5.07. The summed E-state index contributed by atoms with van der Waals surface area (Å²) in [6, 6.07) is 1.45. The van der Waals surface area contributed by atoms with Gasteiger partial charge in [-0.2, -0.15) is 0 Å².